The van der Waals surface area contributed by atoms with Crippen molar-refractivity contribution in [3.05, 3.63) is 12.2 Å². The lowest BCUT2D eigenvalue weighted by molar-refractivity contribution is -0.144. The summed E-state index contributed by atoms with van der Waals surface area (Å²) in [5.41, 5.74) is 0. The van der Waals surface area contributed by atoms with Crippen molar-refractivity contribution in [1.29, 1.82) is 0 Å². The maximum absolute atomic E-state index is 11.9. The third-order valence-electron chi connectivity index (χ3n) is 7.59. The first-order chi connectivity index (χ1) is 19.2. The molecule has 1 amide bonds. The number of hydrogen-bond donors (Lipinski definition) is 1. The fourth-order valence-electron chi connectivity index (χ4n) is 4.98. The van der Waals surface area contributed by atoms with Crippen molar-refractivity contribution in [3.8, 4) is 0 Å². The minimum Gasteiger partial charge on any atom is -0.464 e. The normalized spacial score (nSPS) is 11.3. The topological polar surface area (TPSA) is 55.4 Å². The van der Waals surface area contributed by atoms with Crippen LogP contribution in [0.3, 0.4) is 0 Å². The number of allylic oxidation sites excluding steroid dienone is 2. The summed E-state index contributed by atoms with van der Waals surface area (Å²) >= 11 is 0. The van der Waals surface area contributed by atoms with E-state index in [0.29, 0.717) is 19.4 Å². The zero-order valence-corrected chi connectivity index (χ0v) is 26.4. The van der Waals surface area contributed by atoms with Crippen LogP contribution >= 0.6 is 0 Å². The Labute approximate surface area is 243 Å². The van der Waals surface area contributed by atoms with E-state index in [4.69, 9.17) is 4.74 Å². The molecule has 0 radical (unpaired) electrons. The van der Waals surface area contributed by atoms with Gasteiger partial charge in [-0.2, -0.15) is 0 Å². The molecule has 0 saturated heterocycles. The zero-order chi connectivity index (χ0) is 28.5. The molecule has 0 aliphatic rings. The van der Waals surface area contributed by atoms with Gasteiger partial charge in [0.05, 0.1) is 6.54 Å². The maximum Gasteiger partial charge on any atom is 0.305 e. The summed E-state index contributed by atoms with van der Waals surface area (Å²) in [5.74, 6) is -0.0572. The number of carbonyl (C=O) groups is 2. The molecule has 0 heterocycles. The van der Waals surface area contributed by atoms with Gasteiger partial charge in [-0.05, 0) is 38.5 Å². The van der Waals surface area contributed by atoms with Gasteiger partial charge in [-0.3, -0.25) is 9.59 Å². The Bertz CT molecular complexity index is 546. The van der Waals surface area contributed by atoms with Crippen LogP contribution in [0.25, 0.3) is 0 Å². The lowest BCUT2D eigenvalue weighted by Gasteiger charge is -2.07. The molecule has 0 atom stereocenters. The first-order valence-corrected chi connectivity index (χ1v) is 17.3. The van der Waals surface area contributed by atoms with Crippen LogP contribution in [0.5, 0.6) is 0 Å². The van der Waals surface area contributed by atoms with Crippen molar-refractivity contribution in [3.63, 3.8) is 0 Å². The highest BCUT2D eigenvalue weighted by molar-refractivity contribution is 5.75. The summed E-state index contributed by atoms with van der Waals surface area (Å²) in [5, 5.41) is 2.88. The average molecular weight is 550 g/mol. The number of esters is 1. The van der Waals surface area contributed by atoms with Crippen LogP contribution in [0.15, 0.2) is 12.2 Å². The second-order valence-electron chi connectivity index (χ2n) is 11.5. The first kappa shape index (κ1) is 37.7. The van der Waals surface area contributed by atoms with Crippen LogP contribution in [-0.2, 0) is 14.3 Å². The molecule has 1 N–H and O–H groups in total. The largest absolute Gasteiger partial charge is 0.464 e. The van der Waals surface area contributed by atoms with Gasteiger partial charge in [0, 0.05) is 12.8 Å². The Balaban J connectivity index is 3.31. The predicted octanol–water partition coefficient (Wildman–Crippen LogP) is 10.8. The quantitative estimate of drug-likeness (QED) is 0.0531. The van der Waals surface area contributed by atoms with Gasteiger partial charge in [-0.15, -0.1) is 0 Å². The lowest BCUT2D eigenvalue weighted by Crippen LogP contribution is -2.27. The third kappa shape index (κ3) is 32.8. The first-order valence-electron chi connectivity index (χ1n) is 17.3. The van der Waals surface area contributed by atoms with Crippen molar-refractivity contribution in [2.24, 2.45) is 0 Å². The van der Waals surface area contributed by atoms with Gasteiger partial charge in [0.2, 0.25) is 5.91 Å². The highest BCUT2D eigenvalue weighted by atomic mass is 16.5. The number of carbonyl (C=O) groups excluding carboxylic acids is 2. The SMILES string of the molecule is CCCCCCCC/C=C\CCCCCCCC(=O)OCCNC(=O)CCCCCCCCCCCCCC. The number of nitrogens with one attached hydrogen (secondary N) is 1. The van der Waals surface area contributed by atoms with Crippen molar-refractivity contribution >= 4 is 11.9 Å². The van der Waals surface area contributed by atoms with Crippen LogP contribution in [0.1, 0.15) is 187 Å². The second kappa shape index (κ2) is 32.9. The minimum atomic E-state index is -0.136. The second-order valence-corrected chi connectivity index (χ2v) is 11.5. The van der Waals surface area contributed by atoms with Crippen molar-refractivity contribution in [2.45, 2.75) is 187 Å². The maximum atomic E-state index is 11.9. The Hall–Kier alpha value is -1.32. The molecule has 0 rings (SSSR count). The van der Waals surface area contributed by atoms with Crippen LogP contribution in [0, 0.1) is 0 Å². The van der Waals surface area contributed by atoms with Crippen molar-refractivity contribution in [1.82, 2.24) is 5.32 Å². The van der Waals surface area contributed by atoms with E-state index in [-0.39, 0.29) is 18.5 Å². The molecule has 0 aromatic heterocycles. The zero-order valence-electron chi connectivity index (χ0n) is 26.4. The molecule has 0 unspecified atom stereocenters. The van der Waals surface area contributed by atoms with Gasteiger partial charge < -0.3 is 10.1 Å². The third-order valence-corrected chi connectivity index (χ3v) is 7.59. The molecule has 4 nitrogen and oxygen atoms in total. The molecule has 0 bridgehead atoms. The standard InChI is InChI=1S/C35H67NO3/c1-3-5-7-9-11-13-15-17-18-19-21-23-25-27-29-31-35(38)39-33-32-36-34(37)30-28-26-24-22-20-16-14-12-10-8-6-4-2/h17-18H,3-16,19-33H2,1-2H3,(H,36,37)/b18-17-. The van der Waals surface area contributed by atoms with E-state index in [0.717, 1.165) is 25.7 Å². The Morgan fingerprint density at radius 1 is 0.513 bits per heavy atom. The Morgan fingerprint density at radius 3 is 1.36 bits per heavy atom. The van der Waals surface area contributed by atoms with Gasteiger partial charge in [-0.25, -0.2) is 0 Å². The Kier molecular flexibility index (Phi) is 31.8. The molecule has 0 aliphatic heterocycles. The number of rotatable bonds is 31. The fourth-order valence-corrected chi connectivity index (χ4v) is 4.98. The molecule has 4 heteroatoms. The summed E-state index contributed by atoms with van der Waals surface area (Å²) in [6.45, 7) is 5.24. The average Bonchev–Trinajstić information content (AvgIpc) is 2.93. The highest BCUT2D eigenvalue weighted by Gasteiger charge is 2.04. The molecule has 0 spiro atoms. The van der Waals surface area contributed by atoms with Gasteiger partial charge in [-0.1, -0.05) is 148 Å². The van der Waals surface area contributed by atoms with Crippen LogP contribution < -0.4 is 5.32 Å². The van der Waals surface area contributed by atoms with Crippen LogP contribution in [0.4, 0.5) is 0 Å². The highest BCUT2D eigenvalue weighted by Crippen LogP contribution is 2.13. The predicted molar refractivity (Wildman–Crippen MR) is 169 cm³/mol. The van der Waals surface area contributed by atoms with Crippen molar-refractivity contribution < 1.29 is 14.3 Å². The van der Waals surface area contributed by atoms with Gasteiger partial charge >= 0.3 is 5.97 Å². The minimum absolute atomic E-state index is 0.0791. The molecule has 230 valence electrons. The van der Waals surface area contributed by atoms with E-state index in [1.54, 1.807) is 0 Å². The van der Waals surface area contributed by atoms with Gasteiger partial charge in [0.25, 0.3) is 0 Å². The van der Waals surface area contributed by atoms with E-state index in [9.17, 15) is 9.59 Å². The number of ether oxygens (including phenoxy) is 1. The Morgan fingerprint density at radius 2 is 0.897 bits per heavy atom. The van der Waals surface area contributed by atoms with Gasteiger partial charge in [0.15, 0.2) is 0 Å². The van der Waals surface area contributed by atoms with E-state index in [1.165, 1.54) is 135 Å². The van der Waals surface area contributed by atoms with E-state index in [2.05, 4.69) is 31.3 Å². The summed E-state index contributed by atoms with van der Waals surface area (Å²) in [6, 6.07) is 0. The summed E-state index contributed by atoms with van der Waals surface area (Å²) in [4.78, 5) is 23.8. The van der Waals surface area contributed by atoms with Crippen molar-refractivity contribution in [2.75, 3.05) is 13.2 Å². The summed E-state index contributed by atoms with van der Waals surface area (Å²) < 4.78 is 5.27. The number of hydrogen-bond acceptors (Lipinski definition) is 3. The molecule has 0 aliphatic carbocycles. The van der Waals surface area contributed by atoms with Crippen LogP contribution in [0.2, 0.25) is 0 Å². The molecule has 0 aromatic rings. The molecule has 39 heavy (non-hydrogen) atoms. The smallest absolute Gasteiger partial charge is 0.305 e. The molecule has 0 fully saturated rings. The van der Waals surface area contributed by atoms with Gasteiger partial charge in [0.1, 0.15) is 6.61 Å². The van der Waals surface area contributed by atoms with Crippen LogP contribution in [-0.4, -0.2) is 25.0 Å². The van der Waals surface area contributed by atoms with E-state index in [1.807, 2.05) is 0 Å². The molecular formula is C35H67NO3. The molecular weight excluding hydrogens is 482 g/mol. The molecule has 0 aromatic carbocycles. The fraction of sp³-hybridized carbons (Fsp3) is 0.886. The lowest BCUT2D eigenvalue weighted by atomic mass is 10.0. The molecule has 0 saturated carbocycles. The summed E-state index contributed by atoms with van der Waals surface area (Å²) in [7, 11) is 0. The van der Waals surface area contributed by atoms with E-state index >= 15 is 0 Å². The monoisotopic (exact) mass is 550 g/mol. The number of unbranched alkanes of at least 4 members (excludes halogenated alkanes) is 22. The van der Waals surface area contributed by atoms with E-state index < -0.39 is 0 Å². The number of amides is 1. The summed E-state index contributed by atoms with van der Waals surface area (Å²) in [6.07, 6.45) is 37.7.